The van der Waals surface area contributed by atoms with Gasteiger partial charge in [0.25, 0.3) is 0 Å². The molecule has 2 nitrogen and oxygen atoms in total. The number of rotatable bonds is 14. The summed E-state index contributed by atoms with van der Waals surface area (Å²) in [6.07, 6.45) is 15.6. The van der Waals surface area contributed by atoms with Crippen molar-refractivity contribution in [3.63, 3.8) is 0 Å². The second-order valence-corrected chi connectivity index (χ2v) is 9.54. The molecule has 0 aliphatic rings. The minimum atomic E-state index is 0.856. The van der Waals surface area contributed by atoms with Gasteiger partial charge >= 0.3 is 0 Å². The van der Waals surface area contributed by atoms with E-state index in [1.54, 1.807) is 0 Å². The molecule has 0 aliphatic heterocycles. The van der Waals surface area contributed by atoms with E-state index in [9.17, 15) is 0 Å². The Balaban J connectivity index is 1.51. The van der Waals surface area contributed by atoms with E-state index in [0.717, 1.165) is 17.0 Å². The van der Waals surface area contributed by atoms with E-state index in [1.165, 1.54) is 92.4 Å². The first-order valence-electron chi connectivity index (χ1n) is 11.9. The van der Waals surface area contributed by atoms with E-state index < -0.39 is 0 Å². The molecule has 0 aliphatic carbocycles. The molecule has 3 heteroatoms. The average Bonchev–Trinajstić information content (AvgIpc) is 3.44. The maximum atomic E-state index is 5.66. The number of thiophene rings is 1. The lowest BCUT2D eigenvalue weighted by molar-refractivity contribution is 0.435. The third kappa shape index (κ3) is 7.12. The van der Waals surface area contributed by atoms with Crippen LogP contribution in [-0.4, -0.2) is 5.16 Å². The summed E-state index contributed by atoms with van der Waals surface area (Å²) < 4.78 is 5.66. The maximum Gasteiger partial charge on any atom is 0.167 e. The molecular formula is C27H37NOS. The molecule has 2 aromatic heterocycles. The lowest BCUT2D eigenvalue weighted by Crippen LogP contribution is -1.86. The van der Waals surface area contributed by atoms with Crippen molar-refractivity contribution in [1.29, 1.82) is 0 Å². The van der Waals surface area contributed by atoms with Crippen LogP contribution in [0.25, 0.3) is 21.9 Å². The molecule has 0 spiro atoms. The standard InChI is InChI=1S/C27H37NOS/c1-3-5-7-9-11-13-22-15-17-23(18-16-22)26-21-25(28-29-26)27-20-19-24(30-27)14-12-10-8-6-4-2/h15-21H,3-14H2,1-2H3. The molecule has 0 atom stereocenters. The van der Waals surface area contributed by atoms with Crippen LogP contribution in [0.1, 0.15) is 88.5 Å². The van der Waals surface area contributed by atoms with Gasteiger partial charge in [-0.05, 0) is 43.4 Å². The molecule has 30 heavy (non-hydrogen) atoms. The first-order valence-corrected chi connectivity index (χ1v) is 12.8. The Kier molecular flexibility index (Phi) is 9.69. The molecule has 3 aromatic rings. The molecule has 0 unspecified atom stereocenters. The van der Waals surface area contributed by atoms with Crippen LogP contribution in [0, 0.1) is 0 Å². The van der Waals surface area contributed by atoms with Gasteiger partial charge in [0.1, 0.15) is 5.69 Å². The highest BCUT2D eigenvalue weighted by Gasteiger charge is 2.11. The zero-order valence-electron chi connectivity index (χ0n) is 18.8. The van der Waals surface area contributed by atoms with Crippen molar-refractivity contribution in [2.45, 2.75) is 90.9 Å². The zero-order valence-corrected chi connectivity index (χ0v) is 19.6. The third-order valence-corrected chi connectivity index (χ3v) is 6.93. The minimum Gasteiger partial charge on any atom is -0.356 e. The lowest BCUT2D eigenvalue weighted by atomic mass is 10.0. The molecule has 2 heterocycles. The highest BCUT2D eigenvalue weighted by Crippen LogP contribution is 2.31. The fourth-order valence-corrected chi connectivity index (χ4v) is 4.85. The smallest absolute Gasteiger partial charge is 0.167 e. The largest absolute Gasteiger partial charge is 0.356 e. The Morgan fingerprint density at radius 2 is 1.40 bits per heavy atom. The van der Waals surface area contributed by atoms with Crippen LogP contribution in [0.4, 0.5) is 0 Å². The van der Waals surface area contributed by atoms with Gasteiger partial charge in [-0.25, -0.2) is 0 Å². The van der Waals surface area contributed by atoms with Crippen LogP contribution < -0.4 is 0 Å². The molecule has 0 bridgehead atoms. The van der Waals surface area contributed by atoms with Crippen molar-refractivity contribution in [3.8, 4) is 21.9 Å². The number of unbranched alkanes of at least 4 members (excludes halogenated alkanes) is 8. The zero-order chi connectivity index (χ0) is 21.0. The van der Waals surface area contributed by atoms with Crippen LogP contribution in [0.2, 0.25) is 0 Å². The van der Waals surface area contributed by atoms with E-state index in [0.29, 0.717) is 0 Å². The number of hydrogen-bond acceptors (Lipinski definition) is 3. The number of hydrogen-bond donors (Lipinski definition) is 0. The Hall–Kier alpha value is -1.87. The Bertz CT molecular complexity index is 846. The summed E-state index contributed by atoms with van der Waals surface area (Å²) in [6, 6.07) is 15.3. The fraction of sp³-hybridized carbons (Fsp3) is 0.519. The van der Waals surface area contributed by atoms with Crippen molar-refractivity contribution < 1.29 is 4.52 Å². The van der Waals surface area contributed by atoms with Crippen LogP contribution in [-0.2, 0) is 12.8 Å². The quantitative estimate of drug-likeness (QED) is 0.242. The van der Waals surface area contributed by atoms with Crippen LogP contribution in [0.5, 0.6) is 0 Å². The number of benzene rings is 1. The van der Waals surface area contributed by atoms with Crippen LogP contribution in [0.15, 0.2) is 47.0 Å². The van der Waals surface area contributed by atoms with Gasteiger partial charge in [-0.2, -0.15) is 0 Å². The van der Waals surface area contributed by atoms with Crippen molar-refractivity contribution in [2.24, 2.45) is 0 Å². The summed E-state index contributed by atoms with van der Waals surface area (Å²) in [7, 11) is 0. The molecule has 0 saturated heterocycles. The van der Waals surface area contributed by atoms with Crippen LogP contribution in [0.3, 0.4) is 0 Å². The van der Waals surface area contributed by atoms with E-state index >= 15 is 0 Å². The van der Waals surface area contributed by atoms with Crippen LogP contribution >= 0.6 is 11.3 Å². The molecule has 1 aromatic carbocycles. The molecule has 0 amide bonds. The number of aromatic nitrogens is 1. The predicted octanol–water partition coefficient (Wildman–Crippen LogP) is 9.10. The number of nitrogens with zero attached hydrogens (tertiary/aromatic N) is 1. The second-order valence-electron chi connectivity index (χ2n) is 8.37. The van der Waals surface area contributed by atoms with Gasteiger partial charge in [0, 0.05) is 16.5 Å². The second kappa shape index (κ2) is 12.7. The van der Waals surface area contributed by atoms with Gasteiger partial charge in [-0.1, -0.05) is 94.6 Å². The monoisotopic (exact) mass is 423 g/mol. The molecule has 0 saturated carbocycles. The van der Waals surface area contributed by atoms with Crippen molar-refractivity contribution >= 4 is 11.3 Å². The first kappa shape index (κ1) is 22.8. The van der Waals surface area contributed by atoms with Gasteiger partial charge < -0.3 is 4.52 Å². The van der Waals surface area contributed by atoms with E-state index in [4.69, 9.17) is 4.52 Å². The summed E-state index contributed by atoms with van der Waals surface area (Å²) in [5.74, 6) is 0.856. The summed E-state index contributed by atoms with van der Waals surface area (Å²) in [4.78, 5) is 2.66. The minimum absolute atomic E-state index is 0.856. The third-order valence-electron chi connectivity index (χ3n) is 5.76. The average molecular weight is 424 g/mol. The molecule has 0 fully saturated rings. The summed E-state index contributed by atoms with van der Waals surface area (Å²) in [6.45, 7) is 4.53. The lowest BCUT2D eigenvalue weighted by Gasteiger charge is -2.02. The summed E-state index contributed by atoms with van der Waals surface area (Å²) in [5, 5.41) is 4.33. The van der Waals surface area contributed by atoms with Gasteiger partial charge in [-0.3, -0.25) is 0 Å². The van der Waals surface area contributed by atoms with Crippen molar-refractivity contribution in [3.05, 3.63) is 52.9 Å². The Morgan fingerprint density at radius 1 is 0.733 bits per heavy atom. The topological polar surface area (TPSA) is 26.0 Å². The van der Waals surface area contributed by atoms with E-state index in [2.05, 4.69) is 61.5 Å². The summed E-state index contributed by atoms with van der Waals surface area (Å²) >= 11 is 1.85. The molecule has 162 valence electrons. The highest BCUT2D eigenvalue weighted by atomic mass is 32.1. The van der Waals surface area contributed by atoms with Gasteiger partial charge in [0.15, 0.2) is 5.76 Å². The van der Waals surface area contributed by atoms with E-state index in [-0.39, 0.29) is 0 Å². The van der Waals surface area contributed by atoms with Crippen molar-refractivity contribution in [2.75, 3.05) is 0 Å². The molecule has 3 rings (SSSR count). The van der Waals surface area contributed by atoms with Gasteiger partial charge in [0.05, 0.1) is 4.88 Å². The fourth-order valence-electron chi connectivity index (χ4n) is 3.85. The maximum absolute atomic E-state index is 5.66. The van der Waals surface area contributed by atoms with E-state index in [1.807, 2.05) is 11.3 Å². The molecule has 0 radical (unpaired) electrons. The Morgan fingerprint density at radius 3 is 2.10 bits per heavy atom. The highest BCUT2D eigenvalue weighted by molar-refractivity contribution is 7.15. The van der Waals surface area contributed by atoms with Gasteiger partial charge in [0.2, 0.25) is 0 Å². The number of aryl methyl sites for hydroxylation is 2. The molecule has 0 N–H and O–H groups in total. The Labute approximate surface area is 186 Å². The predicted molar refractivity (Wildman–Crippen MR) is 130 cm³/mol. The van der Waals surface area contributed by atoms with Crippen molar-refractivity contribution in [1.82, 2.24) is 5.16 Å². The summed E-state index contributed by atoms with van der Waals surface area (Å²) in [5.41, 5.74) is 3.47. The normalized spacial score (nSPS) is 11.3. The molecular weight excluding hydrogens is 386 g/mol. The first-order chi connectivity index (χ1) is 14.8. The SMILES string of the molecule is CCCCCCCc1ccc(-c2cc(-c3ccc(CCCCCCC)s3)no2)cc1. The van der Waals surface area contributed by atoms with Gasteiger partial charge in [-0.15, -0.1) is 11.3 Å².